The minimum atomic E-state index is -0.332. The Balaban J connectivity index is 1.92. The fourth-order valence-electron chi connectivity index (χ4n) is 1.59. The molecule has 0 aliphatic rings. The van der Waals surface area contributed by atoms with Crippen LogP contribution in [0.1, 0.15) is 10.5 Å². The predicted molar refractivity (Wildman–Crippen MR) is 78.6 cm³/mol. The van der Waals surface area contributed by atoms with E-state index in [1.165, 1.54) is 16.2 Å². The Morgan fingerprint density at radius 2 is 2.05 bits per heavy atom. The molecule has 2 aromatic rings. The summed E-state index contributed by atoms with van der Waals surface area (Å²) in [4.78, 5) is 29.0. The number of amides is 2. The second-order valence-electron chi connectivity index (χ2n) is 4.15. The third kappa shape index (κ3) is 3.55. The number of para-hydroxylation sites is 1. The van der Waals surface area contributed by atoms with Crippen molar-refractivity contribution in [3.05, 3.63) is 41.4 Å². The van der Waals surface area contributed by atoms with Gasteiger partial charge in [-0.05, 0) is 12.1 Å². The van der Waals surface area contributed by atoms with Gasteiger partial charge >= 0.3 is 0 Å². The molecule has 0 bridgehead atoms. The van der Waals surface area contributed by atoms with Crippen LogP contribution in [0, 0.1) is 0 Å². The van der Waals surface area contributed by atoms with E-state index in [9.17, 15) is 9.59 Å². The zero-order valence-electron chi connectivity index (χ0n) is 10.9. The summed E-state index contributed by atoms with van der Waals surface area (Å²) in [6, 6.07) is 9.06. The topological polar surface area (TPSA) is 88.3 Å². The first-order chi connectivity index (χ1) is 9.56. The lowest BCUT2D eigenvalue weighted by Crippen LogP contribution is -2.35. The van der Waals surface area contributed by atoms with Gasteiger partial charge in [-0.1, -0.05) is 18.2 Å². The van der Waals surface area contributed by atoms with Gasteiger partial charge in [-0.2, -0.15) is 0 Å². The Labute approximate surface area is 120 Å². The quantitative estimate of drug-likeness (QED) is 0.891. The highest BCUT2D eigenvalue weighted by Gasteiger charge is 2.17. The van der Waals surface area contributed by atoms with Gasteiger partial charge in [0.15, 0.2) is 5.13 Å². The van der Waals surface area contributed by atoms with Crippen molar-refractivity contribution in [3.8, 4) is 0 Å². The molecule has 2 rings (SSSR count). The molecule has 3 N–H and O–H groups in total. The van der Waals surface area contributed by atoms with E-state index >= 15 is 0 Å². The molecule has 0 radical (unpaired) electrons. The van der Waals surface area contributed by atoms with Gasteiger partial charge in [-0.25, -0.2) is 4.98 Å². The summed E-state index contributed by atoms with van der Waals surface area (Å²) in [5, 5.41) is 4.61. The number of nitrogens with zero attached hydrogens (tertiary/aromatic N) is 2. The smallest absolute Gasteiger partial charge is 0.273 e. The summed E-state index contributed by atoms with van der Waals surface area (Å²) >= 11 is 1.19. The van der Waals surface area contributed by atoms with Gasteiger partial charge in [-0.3, -0.25) is 9.59 Å². The Bertz CT molecular complexity index is 612. The molecular formula is C13H14N4O2S. The Morgan fingerprint density at radius 3 is 2.65 bits per heavy atom. The zero-order chi connectivity index (χ0) is 14.5. The first kappa shape index (κ1) is 14.0. The van der Waals surface area contributed by atoms with Crippen LogP contribution in [0.2, 0.25) is 0 Å². The van der Waals surface area contributed by atoms with Crippen LogP contribution in [0.5, 0.6) is 0 Å². The zero-order valence-corrected chi connectivity index (χ0v) is 11.7. The minimum Gasteiger partial charge on any atom is -0.375 e. The van der Waals surface area contributed by atoms with Crippen LogP contribution in [-0.4, -0.2) is 35.3 Å². The van der Waals surface area contributed by atoms with Crippen molar-refractivity contribution in [2.45, 2.75) is 0 Å². The lowest BCUT2D eigenvalue weighted by Gasteiger charge is -2.15. The van der Waals surface area contributed by atoms with Gasteiger partial charge in [0.05, 0.1) is 6.54 Å². The van der Waals surface area contributed by atoms with Crippen LogP contribution in [-0.2, 0) is 4.79 Å². The minimum absolute atomic E-state index is 0.0504. The summed E-state index contributed by atoms with van der Waals surface area (Å²) in [5.41, 5.74) is 6.42. The summed E-state index contributed by atoms with van der Waals surface area (Å²) in [7, 11) is 1.54. The summed E-state index contributed by atoms with van der Waals surface area (Å²) in [5.74, 6) is -0.601. The molecule has 104 valence electrons. The van der Waals surface area contributed by atoms with E-state index in [1.807, 2.05) is 18.2 Å². The Kier molecular flexibility index (Phi) is 4.31. The van der Waals surface area contributed by atoms with Crippen LogP contribution in [0.25, 0.3) is 0 Å². The number of aromatic nitrogens is 1. The van der Waals surface area contributed by atoms with Gasteiger partial charge in [-0.15, -0.1) is 11.3 Å². The molecule has 2 amide bonds. The third-order valence-electron chi connectivity index (χ3n) is 2.53. The average molecular weight is 290 g/mol. The maximum Gasteiger partial charge on any atom is 0.273 e. The van der Waals surface area contributed by atoms with Crippen molar-refractivity contribution < 1.29 is 9.59 Å². The second-order valence-corrected chi connectivity index (χ2v) is 5.04. The maximum absolute atomic E-state index is 12.0. The molecule has 0 saturated carbocycles. The number of anilines is 2. The van der Waals surface area contributed by atoms with Gasteiger partial charge < -0.3 is 16.0 Å². The van der Waals surface area contributed by atoms with Crippen molar-refractivity contribution in [1.82, 2.24) is 9.88 Å². The fourth-order valence-corrected chi connectivity index (χ4v) is 2.13. The van der Waals surface area contributed by atoms with E-state index in [2.05, 4.69) is 10.3 Å². The number of carbonyl (C=O) groups is 2. The van der Waals surface area contributed by atoms with Crippen molar-refractivity contribution >= 4 is 34.0 Å². The highest BCUT2D eigenvalue weighted by atomic mass is 32.1. The molecule has 0 unspecified atom stereocenters. The molecule has 0 aliphatic heterocycles. The van der Waals surface area contributed by atoms with Crippen molar-refractivity contribution in [2.24, 2.45) is 0 Å². The van der Waals surface area contributed by atoms with Crippen LogP contribution in [0.4, 0.5) is 10.8 Å². The van der Waals surface area contributed by atoms with E-state index in [1.54, 1.807) is 24.6 Å². The largest absolute Gasteiger partial charge is 0.375 e. The molecule has 1 aromatic carbocycles. The van der Waals surface area contributed by atoms with Gasteiger partial charge in [0.1, 0.15) is 5.69 Å². The molecule has 1 aromatic heterocycles. The lowest BCUT2D eigenvalue weighted by atomic mass is 10.3. The maximum atomic E-state index is 12.0. The van der Waals surface area contributed by atoms with Gasteiger partial charge in [0.25, 0.3) is 5.91 Å². The molecule has 0 saturated heterocycles. The Hall–Kier alpha value is -2.41. The molecule has 7 heteroatoms. The second kappa shape index (κ2) is 6.16. The Morgan fingerprint density at radius 1 is 1.35 bits per heavy atom. The highest BCUT2D eigenvalue weighted by molar-refractivity contribution is 7.13. The SMILES string of the molecule is CN(CC(=O)Nc1ccccc1)C(=O)c1csc(N)n1. The van der Waals surface area contributed by atoms with Crippen molar-refractivity contribution in [2.75, 3.05) is 24.6 Å². The van der Waals surface area contributed by atoms with E-state index < -0.39 is 0 Å². The number of hydrogen-bond acceptors (Lipinski definition) is 5. The molecular weight excluding hydrogens is 276 g/mol. The number of nitrogens with two attached hydrogens (primary N) is 1. The monoisotopic (exact) mass is 290 g/mol. The average Bonchev–Trinajstić information content (AvgIpc) is 2.85. The van der Waals surface area contributed by atoms with Crippen LogP contribution >= 0.6 is 11.3 Å². The molecule has 0 spiro atoms. The first-order valence-electron chi connectivity index (χ1n) is 5.87. The number of carbonyl (C=O) groups excluding carboxylic acids is 2. The molecule has 0 aliphatic carbocycles. The molecule has 1 heterocycles. The lowest BCUT2D eigenvalue weighted by molar-refractivity contribution is -0.116. The van der Waals surface area contributed by atoms with E-state index in [4.69, 9.17) is 5.73 Å². The van der Waals surface area contributed by atoms with Crippen LogP contribution < -0.4 is 11.1 Å². The number of rotatable bonds is 4. The number of likely N-dealkylation sites (N-methyl/N-ethyl adjacent to an activating group) is 1. The fraction of sp³-hybridized carbons (Fsp3) is 0.154. The van der Waals surface area contributed by atoms with E-state index in [0.29, 0.717) is 10.8 Å². The number of hydrogen-bond donors (Lipinski definition) is 2. The number of benzene rings is 1. The highest BCUT2D eigenvalue weighted by Crippen LogP contribution is 2.12. The van der Waals surface area contributed by atoms with E-state index in [-0.39, 0.29) is 24.1 Å². The van der Waals surface area contributed by atoms with Crippen molar-refractivity contribution in [1.29, 1.82) is 0 Å². The normalized spacial score (nSPS) is 10.1. The van der Waals surface area contributed by atoms with Gasteiger partial charge in [0, 0.05) is 18.1 Å². The summed E-state index contributed by atoms with van der Waals surface area (Å²) in [6.45, 7) is -0.0504. The molecule has 0 atom stereocenters. The van der Waals surface area contributed by atoms with Gasteiger partial charge in [0.2, 0.25) is 5.91 Å². The van der Waals surface area contributed by atoms with Crippen LogP contribution in [0.15, 0.2) is 35.7 Å². The first-order valence-corrected chi connectivity index (χ1v) is 6.75. The molecule has 6 nitrogen and oxygen atoms in total. The van der Waals surface area contributed by atoms with Crippen molar-refractivity contribution in [3.63, 3.8) is 0 Å². The van der Waals surface area contributed by atoms with E-state index in [0.717, 1.165) is 0 Å². The third-order valence-corrected chi connectivity index (χ3v) is 3.20. The molecule has 0 fully saturated rings. The molecule has 20 heavy (non-hydrogen) atoms. The predicted octanol–water partition coefficient (Wildman–Crippen LogP) is 1.44. The number of nitrogens with one attached hydrogen (secondary N) is 1. The summed E-state index contributed by atoms with van der Waals surface area (Å²) < 4.78 is 0. The standard InChI is InChI=1S/C13H14N4O2S/c1-17(12(19)10-8-20-13(14)16-10)7-11(18)15-9-5-3-2-4-6-9/h2-6,8H,7H2,1H3,(H2,14,16)(H,15,18). The van der Waals surface area contributed by atoms with Crippen LogP contribution in [0.3, 0.4) is 0 Å². The number of thiazole rings is 1. The number of nitrogen functional groups attached to an aromatic ring is 1. The summed E-state index contributed by atoms with van der Waals surface area (Å²) in [6.07, 6.45) is 0.